The first kappa shape index (κ1) is 24.3. The van der Waals surface area contributed by atoms with Crippen LogP contribution in [0.25, 0.3) is 11.4 Å². The summed E-state index contributed by atoms with van der Waals surface area (Å²) in [6.07, 6.45) is 2.73. The zero-order valence-electron chi connectivity index (χ0n) is 20.9. The Morgan fingerprint density at radius 2 is 1.89 bits per heavy atom. The largest absolute Gasteiger partial charge is 0.489 e. The van der Waals surface area contributed by atoms with Gasteiger partial charge < -0.3 is 14.6 Å². The Bertz CT molecular complexity index is 1400. The molecule has 3 aromatic heterocycles. The van der Waals surface area contributed by atoms with Crippen molar-refractivity contribution in [1.29, 1.82) is 0 Å². The van der Waals surface area contributed by atoms with E-state index in [0.29, 0.717) is 41.4 Å². The number of ether oxygens (including phenoxy) is 2. The predicted octanol–water partition coefficient (Wildman–Crippen LogP) is 3.34. The number of aliphatic carboxylic acids is 1. The van der Waals surface area contributed by atoms with Gasteiger partial charge in [0, 0.05) is 7.05 Å². The van der Waals surface area contributed by atoms with Crippen LogP contribution in [0.1, 0.15) is 42.6 Å². The van der Waals surface area contributed by atoms with Gasteiger partial charge in [0.05, 0.1) is 29.1 Å². The number of nitrogens with zero attached hydrogens (tertiary/aromatic N) is 8. The van der Waals surface area contributed by atoms with Crippen molar-refractivity contribution in [3.8, 4) is 28.9 Å². The molecular formula is C25H28N8O4. The molecule has 12 heteroatoms. The van der Waals surface area contributed by atoms with Crippen LogP contribution in [0.4, 0.5) is 0 Å². The lowest BCUT2D eigenvalue weighted by Gasteiger charge is -2.27. The van der Waals surface area contributed by atoms with Gasteiger partial charge in [0.25, 0.3) is 0 Å². The molecule has 0 radical (unpaired) electrons. The molecule has 1 aliphatic rings. The van der Waals surface area contributed by atoms with Crippen molar-refractivity contribution in [3.05, 3.63) is 53.3 Å². The number of tetrazole rings is 1. The average molecular weight is 505 g/mol. The van der Waals surface area contributed by atoms with E-state index in [0.717, 1.165) is 24.1 Å². The van der Waals surface area contributed by atoms with Gasteiger partial charge in [-0.05, 0) is 69.0 Å². The van der Waals surface area contributed by atoms with Crippen LogP contribution >= 0.6 is 0 Å². The van der Waals surface area contributed by atoms with Crippen molar-refractivity contribution in [3.63, 3.8) is 0 Å². The smallest absolute Gasteiger partial charge is 0.361 e. The summed E-state index contributed by atoms with van der Waals surface area (Å²) in [5, 5.41) is 30.2. The van der Waals surface area contributed by atoms with Gasteiger partial charge in [0.15, 0.2) is 0 Å². The van der Waals surface area contributed by atoms with Crippen molar-refractivity contribution in [2.24, 2.45) is 13.0 Å². The molecule has 3 heterocycles. The molecule has 192 valence electrons. The van der Waals surface area contributed by atoms with E-state index in [1.165, 1.54) is 4.80 Å². The van der Waals surface area contributed by atoms with E-state index in [1.807, 2.05) is 50.2 Å². The number of aromatic nitrogens is 8. The summed E-state index contributed by atoms with van der Waals surface area (Å²) >= 11 is 0. The summed E-state index contributed by atoms with van der Waals surface area (Å²) in [6.45, 7) is 4.13. The Hall–Kier alpha value is -4.35. The zero-order valence-corrected chi connectivity index (χ0v) is 20.9. The number of benzene rings is 1. The second-order valence-electron chi connectivity index (χ2n) is 9.25. The third-order valence-electron chi connectivity index (χ3n) is 6.45. The fourth-order valence-corrected chi connectivity index (χ4v) is 4.40. The normalized spacial score (nSPS) is 17.5. The maximum atomic E-state index is 11.4. The summed E-state index contributed by atoms with van der Waals surface area (Å²) in [5.74, 6) is 0.147. The fraction of sp³-hybridized carbons (Fsp3) is 0.400. The zero-order chi connectivity index (χ0) is 25.9. The van der Waals surface area contributed by atoms with Gasteiger partial charge in [-0.2, -0.15) is 4.80 Å². The Labute approximate surface area is 213 Å². The second-order valence-corrected chi connectivity index (χ2v) is 9.25. The van der Waals surface area contributed by atoms with E-state index in [4.69, 9.17) is 14.5 Å². The lowest BCUT2D eigenvalue weighted by molar-refractivity contribution is -0.143. The first-order chi connectivity index (χ1) is 17.9. The molecule has 0 saturated heterocycles. The van der Waals surface area contributed by atoms with Gasteiger partial charge in [-0.25, -0.2) is 9.67 Å². The molecule has 4 aromatic rings. The van der Waals surface area contributed by atoms with Crippen LogP contribution in [0.2, 0.25) is 0 Å². The summed E-state index contributed by atoms with van der Waals surface area (Å²) < 4.78 is 13.5. The van der Waals surface area contributed by atoms with Crippen molar-refractivity contribution < 1.29 is 19.4 Å². The number of hydrogen-bond donors (Lipinski definition) is 1. The van der Waals surface area contributed by atoms with Gasteiger partial charge in [0.2, 0.25) is 0 Å². The third-order valence-corrected chi connectivity index (χ3v) is 6.45. The molecule has 1 aromatic carbocycles. The lowest BCUT2D eigenvalue weighted by Crippen LogP contribution is -2.29. The van der Waals surface area contributed by atoms with Crippen LogP contribution < -0.4 is 9.47 Å². The lowest BCUT2D eigenvalue weighted by atomic mass is 9.87. The SMILES string of the molecule is Cc1ccc(Oc2nnn(Cc3c(-c4ccc(O[C@H]5CCC[C@H](C(=O)O)C5)c(C)n4)nnn3C)n2)cc1. The van der Waals surface area contributed by atoms with Gasteiger partial charge in [-0.1, -0.05) is 33.1 Å². The molecule has 1 saturated carbocycles. The Morgan fingerprint density at radius 1 is 1.08 bits per heavy atom. The monoisotopic (exact) mass is 504 g/mol. The molecule has 1 N–H and O–H groups in total. The molecule has 0 amide bonds. The van der Waals surface area contributed by atoms with Crippen LogP contribution in [-0.2, 0) is 18.4 Å². The van der Waals surface area contributed by atoms with E-state index >= 15 is 0 Å². The topological polar surface area (TPSA) is 143 Å². The van der Waals surface area contributed by atoms with Crippen molar-refractivity contribution in [2.45, 2.75) is 52.2 Å². The standard InChI is InChI=1S/C25H28N8O4/c1-15-7-9-18(10-8-15)37-25-28-31-33(29-25)14-21-23(27-30-32(21)3)20-11-12-22(16(2)26-20)36-19-6-4-5-17(13-19)24(34)35/h7-12,17,19H,4-6,13-14H2,1-3H3,(H,34,35)/t17-,19-/m0/s1. The second kappa shape index (κ2) is 10.3. The highest BCUT2D eigenvalue weighted by Gasteiger charge is 2.28. The van der Waals surface area contributed by atoms with Gasteiger partial charge >= 0.3 is 12.0 Å². The molecule has 0 bridgehead atoms. The molecule has 0 aliphatic heterocycles. The molecular weight excluding hydrogens is 476 g/mol. The maximum Gasteiger partial charge on any atom is 0.361 e. The Balaban J connectivity index is 1.30. The van der Waals surface area contributed by atoms with Crippen LogP contribution in [-0.4, -0.2) is 57.4 Å². The van der Waals surface area contributed by atoms with Gasteiger partial charge in [-0.3, -0.25) is 4.79 Å². The highest BCUT2D eigenvalue weighted by molar-refractivity contribution is 5.70. The number of carbonyl (C=O) groups is 1. The summed E-state index contributed by atoms with van der Waals surface area (Å²) in [6, 6.07) is 11.4. The van der Waals surface area contributed by atoms with Crippen LogP contribution in [0, 0.1) is 19.8 Å². The first-order valence-corrected chi connectivity index (χ1v) is 12.1. The highest BCUT2D eigenvalue weighted by atomic mass is 16.5. The first-order valence-electron chi connectivity index (χ1n) is 12.1. The molecule has 5 rings (SSSR count). The quantitative estimate of drug-likeness (QED) is 0.379. The van der Waals surface area contributed by atoms with Crippen molar-refractivity contribution >= 4 is 5.97 Å². The fourth-order valence-electron chi connectivity index (χ4n) is 4.40. The number of rotatable bonds is 8. The van der Waals surface area contributed by atoms with E-state index in [1.54, 1.807) is 11.7 Å². The average Bonchev–Trinajstić information content (AvgIpc) is 3.48. The van der Waals surface area contributed by atoms with E-state index in [9.17, 15) is 9.90 Å². The Morgan fingerprint density at radius 3 is 2.65 bits per heavy atom. The van der Waals surface area contributed by atoms with Crippen LogP contribution in [0.3, 0.4) is 0 Å². The molecule has 0 unspecified atom stereocenters. The summed E-state index contributed by atoms with van der Waals surface area (Å²) in [4.78, 5) is 17.5. The van der Waals surface area contributed by atoms with Crippen LogP contribution in [0.5, 0.6) is 17.5 Å². The third kappa shape index (κ3) is 5.57. The molecule has 1 fully saturated rings. The summed E-state index contributed by atoms with van der Waals surface area (Å²) in [5.41, 5.74) is 3.80. The minimum atomic E-state index is -0.760. The minimum absolute atomic E-state index is 0.136. The Kier molecular flexibility index (Phi) is 6.80. The highest BCUT2D eigenvalue weighted by Crippen LogP contribution is 2.30. The number of carboxylic acid groups (broad SMARTS) is 1. The van der Waals surface area contributed by atoms with E-state index < -0.39 is 5.97 Å². The van der Waals surface area contributed by atoms with Crippen LogP contribution in [0.15, 0.2) is 36.4 Å². The molecule has 0 spiro atoms. The van der Waals surface area contributed by atoms with Crippen molar-refractivity contribution in [2.75, 3.05) is 0 Å². The predicted molar refractivity (Wildman–Crippen MR) is 131 cm³/mol. The number of carboxylic acids is 1. The molecule has 2 atom stereocenters. The molecule has 37 heavy (non-hydrogen) atoms. The maximum absolute atomic E-state index is 11.4. The van der Waals surface area contributed by atoms with E-state index in [-0.39, 0.29) is 24.6 Å². The number of pyridine rings is 1. The minimum Gasteiger partial charge on any atom is -0.489 e. The van der Waals surface area contributed by atoms with Crippen molar-refractivity contribution in [1.82, 2.24) is 40.2 Å². The number of hydrogen-bond acceptors (Lipinski definition) is 9. The summed E-state index contributed by atoms with van der Waals surface area (Å²) in [7, 11) is 1.79. The van der Waals surface area contributed by atoms with Gasteiger partial charge in [-0.15, -0.1) is 5.10 Å². The number of aryl methyl sites for hydroxylation is 3. The van der Waals surface area contributed by atoms with E-state index in [2.05, 4.69) is 25.7 Å². The van der Waals surface area contributed by atoms with Gasteiger partial charge in [0.1, 0.15) is 23.7 Å². The molecule has 1 aliphatic carbocycles. The molecule has 12 nitrogen and oxygen atoms in total.